The molecule has 33 heavy (non-hydrogen) atoms. The first kappa shape index (κ1) is 25.1. The number of ether oxygens (including phenoxy) is 3. The monoisotopic (exact) mass is 454 g/mol. The summed E-state index contributed by atoms with van der Waals surface area (Å²) < 4.78 is 17.8. The Balaban J connectivity index is 1.68. The number of aliphatic hydroxyl groups is 1. The number of cyclic esters (lactones) is 1. The highest BCUT2D eigenvalue weighted by Crippen LogP contribution is 2.30. The van der Waals surface area contributed by atoms with Gasteiger partial charge in [-0.3, -0.25) is 4.79 Å². The Labute approximate surface area is 198 Å². The van der Waals surface area contributed by atoms with E-state index in [4.69, 9.17) is 14.2 Å². The van der Waals surface area contributed by atoms with Crippen molar-refractivity contribution in [3.05, 3.63) is 57.6 Å². The van der Waals surface area contributed by atoms with Crippen LogP contribution in [-0.4, -0.2) is 36.5 Å². The summed E-state index contributed by atoms with van der Waals surface area (Å²) >= 11 is 0. The summed E-state index contributed by atoms with van der Waals surface area (Å²) in [5.41, 5.74) is 7.14. The molecule has 1 aliphatic rings. The smallest absolute Gasteiger partial charge is 0.308 e. The van der Waals surface area contributed by atoms with Crippen molar-refractivity contribution in [3.63, 3.8) is 0 Å². The third-order valence-electron chi connectivity index (χ3n) is 6.00. The number of carbonyl (C=O) groups excluding carboxylic acids is 1. The van der Waals surface area contributed by atoms with Gasteiger partial charge in [0.25, 0.3) is 0 Å². The van der Waals surface area contributed by atoms with Crippen LogP contribution in [0.4, 0.5) is 0 Å². The summed E-state index contributed by atoms with van der Waals surface area (Å²) in [6.45, 7) is 11.4. The minimum atomic E-state index is -0.654. The van der Waals surface area contributed by atoms with E-state index in [-0.39, 0.29) is 19.0 Å². The topological polar surface area (TPSA) is 65.0 Å². The minimum Gasteiger partial charge on any atom is -0.493 e. The molecule has 0 radical (unpaired) electrons. The fraction of sp³-hybridized carbons (Fsp3) is 0.536. The largest absolute Gasteiger partial charge is 0.493 e. The lowest BCUT2D eigenvalue weighted by atomic mass is 9.98. The van der Waals surface area contributed by atoms with Gasteiger partial charge in [0.2, 0.25) is 0 Å². The molecule has 5 heteroatoms. The molecule has 1 N–H and O–H groups in total. The number of carbonyl (C=O) groups is 1. The van der Waals surface area contributed by atoms with Crippen LogP contribution in [-0.2, 0) is 22.4 Å². The number of aryl methyl sites for hydroxylation is 6. The van der Waals surface area contributed by atoms with E-state index in [0.717, 1.165) is 42.7 Å². The number of aliphatic hydroxyl groups excluding tert-OH is 1. The van der Waals surface area contributed by atoms with E-state index in [9.17, 15) is 9.90 Å². The Bertz CT molecular complexity index is 942. The van der Waals surface area contributed by atoms with Crippen molar-refractivity contribution in [3.8, 4) is 11.5 Å². The summed E-state index contributed by atoms with van der Waals surface area (Å²) in [7, 11) is 0. The molecular formula is C28H38O5. The zero-order valence-corrected chi connectivity index (χ0v) is 20.7. The molecule has 0 bridgehead atoms. The van der Waals surface area contributed by atoms with Gasteiger partial charge in [-0.05, 0) is 69.2 Å². The van der Waals surface area contributed by atoms with Gasteiger partial charge in [-0.1, -0.05) is 48.7 Å². The summed E-state index contributed by atoms with van der Waals surface area (Å²) in [4.78, 5) is 11.7. The van der Waals surface area contributed by atoms with Crippen molar-refractivity contribution in [2.75, 3.05) is 13.2 Å². The SMILES string of the molecule is CCCc1cc(C)cc(CCCOc2c(C)cc(C)cc2C)c1OC[C@@H]1C[C@@H](O)CC(=O)O1. The van der Waals surface area contributed by atoms with Gasteiger partial charge in [0.15, 0.2) is 0 Å². The van der Waals surface area contributed by atoms with Crippen LogP contribution in [0, 0.1) is 27.7 Å². The molecule has 0 saturated carbocycles. The van der Waals surface area contributed by atoms with Crippen LogP contribution in [0.3, 0.4) is 0 Å². The molecule has 0 unspecified atom stereocenters. The average molecular weight is 455 g/mol. The van der Waals surface area contributed by atoms with E-state index >= 15 is 0 Å². The molecule has 0 spiro atoms. The quantitative estimate of drug-likeness (QED) is 0.388. The molecule has 0 aliphatic carbocycles. The molecule has 1 saturated heterocycles. The first-order chi connectivity index (χ1) is 15.8. The van der Waals surface area contributed by atoms with Crippen molar-refractivity contribution in [1.82, 2.24) is 0 Å². The second-order valence-electron chi connectivity index (χ2n) is 9.36. The lowest BCUT2D eigenvalue weighted by molar-refractivity contribution is -0.162. The lowest BCUT2D eigenvalue weighted by Gasteiger charge is -2.27. The maximum Gasteiger partial charge on any atom is 0.308 e. The van der Waals surface area contributed by atoms with E-state index in [1.165, 1.54) is 27.8 Å². The van der Waals surface area contributed by atoms with Crippen LogP contribution < -0.4 is 9.47 Å². The second-order valence-corrected chi connectivity index (χ2v) is 9.36. The number of esters is 1. The van der Waals surface area contributed by atoms with E-state index in [0.29, 0.717) is 13.0 Å². The fourth-order valence-electron chi connectivity index (χ4n) is 4.73. The number of benzene rings is 2. The van der Waals surface area contributed by atoms with Crippen LogP contribution in [0.5, 0.6) is 11.5 Å². The number of hydrogen-bond acceptors (Lipinski definition) is 5. The van der Waals surface area contributed by atoms with Crippen LogP contribution in [0.25, 0.3) is 0 Å². The van der Waals surface area contributed by atoms with Gasteiger partial charge in [-0.15, -0.1) is 0 Å². The van der Waals surface area contributed by atoms with Gasteiger partial charge >= 0.3 is 5.97 Å². The maximum absolute atomic E-state index is 11.7. The van der Waals surface area contributed by atoms with Gasteiger partial charge in [0, 0.05) is 6.42 Å². The summed E-state index contributed by atoms with van der Waals surface area (Å²) in [5, 5.41) is 9.90. The normalized spacial score (nSPS) is 18.2. The molecule has 1 fully saturated rings. The van der Waals surface area contributed by atoms with Crippen molar-refractivity contribution in [1.29, 1.82) is 0 Å². The third kappa shape index (κ3) is 6.97. The molecule has 5 nitrogen and oxygen atoms in total. The Morgan fingerprint density at radius 3 is 2.21 bits per heavy atom. The maximum atomic E-state index is 11.7. The fourth-order valence-corrected chi connectivity index (χ4v) is 4.73. The molecule has 2 atom stereocenters. The zero-order valence-electron chi connectivity index (χ0n) is 20.7. The van der Waals surface area contributed by atoms with Crippen LogP contribution >= 0.6 is 0 Å². The van der Waals surface area contributed by atoms with Crippen molar-refractivity contribution < 1.29 is 24.1 Å². The Kier molecular flexibility index (Phi) is 8.79. The van der Waals surface area contributed by atoms with Crippen molar-refractivity contribution in [2.24, 2.45) is 0 Å². The lowest BCUT2D eigenvalue weighted by Crippen LogP contribution is -2.36. The van der Waals surface area contributed by atoms with Crippen molar-refractivity contribution in [2.45, 2.75) is 85.4 Å². The van der Waals surface area contributed by atoms with Gasteiger partial charge in [-0.25, -0.2) is 0 Å². The van der Waals surface area contributed by atoms with Gasteiger partial charge in [-0.2, -0.15) is 0 Å². The first-order valence-electron chi connectivity index (χ1n) is 12.1. The van der Waals surface area contributed by atoms with Gasteiger partial charge < -0.3 is 19.3 Å². The molecule has 1 heterocycles. The molecule has 2 aromatic carbocycles. The highest BCUT2D eigenvalue weighted by atomic mass is 16.6. The Hall–Kier alpha value is -2.53. The number of hydrogen-bond donors (Lipinski definition) is 1. The molecule has 180 valence electrons. The molecule has 0 amide bonds. The van der Waals surface area contributed by atoms with E-state index in [1.807, 2.05) is 0 Å². The van der Waals surface area contributed by atoms with Gasteiger partial charge in [0.05, 0.1) is 19.1 Å². The third-order valence-corrected chi connectivity index (χ3v) is 6.00. The van der Waals surface area contributed by atoms with E-state index < -0.39 is 12.2 Å². The molecular weight excluding hydrogens is 416 g/mol. The molecule has 1 aliphatic heterocycles. The van der Waals surface area contributed by atoms with Crippen LogP contribution in [0.1, 0.15) is 66.0 Å². The summed E-state index contributed by atoms with van der Waals surface area (Å²) in [6.07, 6.45) is 3.06. The average Bonchev–Trinajstić information content (AvgIpc) is 2.71. The van der Waals surface area contributed by atoms with Crippen LogP contribution in [0.15, 0.2) is 24.3 Å². The second kappa shape index (κ2) is 11.6. The minimum absolute atomic E-state index is 0.0628. The van der Waals surface area contributed by atoms with Crippen molar-refractivity contribution >= 4 is 5.97 Å². The summed E-state index contributed by atoms with van der Waals surface area (Å²) in [5.74, 6) is 1.51. The standard InChI is InChI=1S/C28H38O5/c1-6-8-22-13-19(3)14-23(28(22)32-17-25-15-24(29)16-26(30)33-25)9-7-10-31-27-20(4)11-18(2)12-21(27)5/h11-14,24-25,29H,6-10,15-17H2,1-5H3/t24-,25+/m1/s1. The first-order valence-corrected chi connectivity index (χ1v) is 12.1. The van der Waals surface area contributed by atoms with Crippen LogP contribution in [0.2, 0.25) is 0 Å². The molecule has 3 rings (SSSR count). The molecule has 2 aromatic rings. The molecule has 0 aromatic heterocycles. The predicted molar refractivity (Wildman–Crippen MR) is 130 cm³/mol. The van der Waals surface area contributed by atoms with Gasteiger partial charge in [0.1, 0.15) is 24.2 Å². The van der Waals surface area contributed by atoms with E-state index in [2.05, 4.69) is 58.9 Å². The highest BCUT2D eigenvalue weighted by molar-refractivity contribution is 5.71. The Morgan fingerprint density at radius 2 is 1.58 bits per heavy atom. The highest BCUT2D eigenvalue weighted by Gasteiger charge is 2.28. The Morgan fingerprint density at radius 1 is 0.939 bits per heavy atom. The summed E-state index contributed by atoms with van der Waals surface area (Å²) in [6, 6.07) is 8.67. The predicted octanol–water partition coefficient (Wildman–Crippen LogP) is 5.33. The van der Waals surface area contributed by atoms with E-state index in [1.54, 1.807) is 0 Å². The zero-order chi connectivity index (χ0) is 24.0. The number of rotatable bonds is 10.